The zero-order valence-electron chi connectivity index (χ0n) is 15.9. The molecule has 3 aliphatic heterocycles. The quantitative estimate of drug-likeness (QED) is 0.434. The van der Waals surface area contributed by atoms with Gasteiger partial charge >= 0.3 is 7.12 Å². The molecule has 6 heteroatoms. The molecule has 0 aliphatic carbocycles. The fourth-order valence-corrected chi connectivity index (χ4v) is 3.18. The highest BCUT2D eigenvalue weighted by atomic mass is 16.7. The van der Waals surface area contributed by atoms with Gasteiger partial charge in [0, 0.05) is 6.61 Å². The largest absolute Gasteiger partial charge is 0.490 e. The Bertz CT molecular complexity index is 564. The first-order chi connectivity index (χ1) is 11.7. The van der Waals surface area contributed by atoms with E-state index in [2.05, 4.69) is 6.58 Å². The van der Waals surface area contributed by atoms with E-state index in [-0.39, 0.29) is 36.6 Å². The van der Waals surface area contributed by atoms with E-state index in [1.54, 1.807) is 6.08 Å². The zero-order valence-corrected chi connectivity index (χ0v) is 15.9. The molecule has 0 aromatic carbocycles. The van der Waals surface area contributed by atoms with Crippen LogP contribution in [0.25, 0.3) is 0 Å². The maximum atomic E-state index is 6.06. The molecule has 3 aliphatic rings. The number of allylic oxidation sites excluding steroid dienone is 4. The monoisotopic (exact) mass is 348 g/mol. The standard InChI is InChI=1S/C19H29BO5/c1-7-14(23-16-12-22-15-10-11-21-17(15)16)9-8-13(2)20-24-18(3,4)19(5,6)25-20/h7-9,15-17H,1,10-12H2,2-6H3/b13-8+,14-9+/t15-,16?,17+/m0/s1. The van der Waals surface area contributed by atoms with E-state index in [9.17, 15) is 0 Å². The van der Waals surface area contributed by atoms with Gasteiger partial charge in [0.1, 0.15) is 11.9 Å². The van der Waals surface area contributed by atoms with Crippen LogP contribution >= 0.6 is 0 Å². The van der Waals surface area contributed by atoms with Crippen LogP contribution in [0.4, 0.5) is 0 Å². The lowest BCUT2D eigenvalue weighted by Gasteiger charge is -2.32. The zero-order chi connectivity index (χ0) is 18.2. The second kappa shape index (κ2) is 6.91. The Kier molecular flexibility index (Phi) is 5.17. The summed E-state index contributed by atoms with van der Waals surface area (Å²) in [7, 11) is -0.357. The molecule has 25 heavy (non-hydrogen) atoms. The van der Waals surface area contributed by atoms with E-state index < -0.39 is 0 Å². The Labute approximate surface area is 151 Å². The van der Waals surface area contributed by atoms with Crippen LogP contribution in [0.3, 0.4) is 0 Å². The summed E-state index contributed by atoms with van der Waals surface area (Å²) in [6, 6.07) is 0. The van der Waals surface area contributed by atoms with Crippen LogP contribution in [0.2, 0.25) is 0 Å². The van der Waals surface area contributed by atoms with E-state index >= 15 is 0 Å². The lowest BCUT2D eigenvalue weighted by atomic mass is 9.79. The third-order valence-corrected chi connectivity index (χ3v) is 5.54. The summed E-state index contributed by atoms with van der Waals surface area (Å²) < 4.78 is 29.6. The highest BCUT2D eigenvalue weighted by Gasteiger charge is 2.51. The summed E-state index contributed by atoms with van der Waals surface area (Å²) in [4.78, 5) is 0. The number of fused-ring (bicyclic) bond motifs is 1. The molecule has 1 unspecified atom stereocenters. The molecule has 0 bridgehead atoms. The number of rotatable bonds is 5. The molecule has 3 atom stereocenters. The molecular weight excluding hydrogens is 319 g/mol. The lowest BCUT2D eigenvalue weighted by molar-refractivity contribution is 0.00283. The Balaban J connectivity index is 1.64. The summed E-state index contributed by atoms with van der Waals surface area (Å²) in [5, 5.41) is 0. The minimum atomic E-state index is -0.357. The van der Waals surface area contributed by atoms with Crippen LogP contribution in [0.15, 0.2) is 36.0 Å². The average Bonchev–Trinajstić information content (AvgIpc) is 3.18. The molecular formula is C19H29BO5. The van der Waals surface area contributed by atoms with E-state index in [0.29, 0.717) is 12.4 Å². The lowest BCUT2D eigenvalue weighted by Crippen LogP contribution is -2.41. The van der Waals surface area contributed by atoms with E-state index in [1.807, 2.05) is 46.8 Å². The van der Waals surface area contributed by atoms with Crippen LogP contribution in [0.5, 0.6) is 0 Å². The molecule has 138 valence electrons. The predicted molar refractivity (Wildman–Crippen MR) is 97.1 cm³/mol. The van der Waals surface area contributed by atoms with E-state index in [1.165, 1.54) is 0 Å². The van der Waals surface area contributed by atoms with E-state index in [4.69, 9.17) is 23.5 Å². The fraction of sp³-hybridized carbons (Fsp3) is 0.684. The first-order valence-electron chi connectivity index (χ1n) is 9.00. The third-order valence-electron chi connectivity index (χ3n) is 5.54. The molecule has 3 heterocycles. The van der Waals surface area contributed by atoms with Crippen molar-refractivity contribution in [2.75, 3.05) is 13.2 Å². The minimum absolute atomic E-state index is 0.0246. The highest BCUT2D eigenvalue weighted by Crippen LogP contribution is 2.38. The first-order valence-corrected chi connectivity index (χ1v) is 9.00. The maximum absolute atomic E-state index is 6.06. The van der Waals surface area contributed by atoms with Gasteiger partial charge in [-0.3, -0.25) is 0 Å². The van der Waals surface area contributed by atoms with Gasteiger partial charge in [0.15, 0.2) is 6.10 Å². The first kappa shape index (κ1) is 18.7. The molecule has 0 saturated carbocycles. The number of hydrogen-bond donors (Lipinski definition) is 0. The van der Waals surface area contributed by atoms with Gasteiger partial charge in [-0.25, -0.2) is 0 Å². The Morgan fingerprint density at radius 1 is 1.12 bits per heavy atom. The number of hydrogen-bond acceptors (Lipinski definition) is 5. The van der Waals surface area contributed by atoms with Gasteiger partial charge in [0.05, 0.1) is 23.9 Å². The van der Waals surface area contributed by atoms with Gasteiger partial charge in [-0.2, -0.15) is 0 Å². The molecule has 0 amide bonds. The molecule has 3 fully saturated rings. The van der Waals surface area contributed by atoms with E-state index in [0.717, 1.165) is 18.5 Å². The van der Waals surface area contributed by atoms with Crippen molar-refractivity contribution in [2.45, 2.75) is 70.6 Å². The topological polar surface area (TPSA) is 46.2 Å². The van der Waals surface area contributed by atoms with Crippen LogP contribution in [-0.2, 0) is 23.5 Å². The molecule has 0 spiro atoms. The van der Waals surface area contributed by atoms with Crippen LogP contribution in [0, 0.1) is 0 Å². The maximum Gasteiger partial charge on any atom is 0.490 e. The van der Waals surface area contributed by atoms with Gasteiger partial charge in [-0.05, 0) is 58.7 Å². The minimum Gasteiger partial charge on any atom is -0.485 e. The fourth-order valence-electron chi connectivity index (χ4n) is 3.18. The van der Waals surface area contributed by atoms with Crippen molar-refractivity contribution in [3.8, 4) is 0 Å². The van der Waals surface area contributed by atoms with Gasteiger partial charge in [-0.15, -0.1) is 0 Å². The van der Waals surface area contributed by atoms with Crippen LogP contribution in [-0.4, -0.2) is 49.8 Å². The average molecular weight is 348 g/mol. The van der Waals surface area contributed by atoms with Crippen molar-refractivity contribution < 1.29 is 23.5 Å². The van der Waals surface area contributed by atoms with Gasteiger partial charge in [0.2, 0.25) is 0 Å². The second-order valence-electron chi connectivity index (χ2n) is 7.92. The SMILES string of the molecule is C=C/C(=C\C=C(/C)B1OC(C)(C)C(C)(C)O1)OC1CO[C@H]2CCO[C@@H]12. The Morgan fingerprint density at radius 3 is 2.44 bits per heavy atom. The summed E-state index contributed by atoms with van der Waals surface area (Å²) in [5.41, 5.74) is 0.299. The van der Waals surface area contributed by atoms with Gasteiger partial charge in [-0.1, -0.05) is 12.7 Å². The highest BCUT2D eigenvalue weighted by molar-refractivity contribution is 6.54. The van der Waals surface area contributed by atoms with Crippen molar-refractivity contribution >= 4 is 7.12 Å². The summed E-state index contributed by atoms with van der Waals surface area (Å²) in [6.45, 7) is 15.3. The molecule has 3 rings (SSSR count). The van der Waals surface area contributed by atoms with Crippen molar-refractivity contribution in [2.24, 2.45) is 0 Å². The summed E-state index contributed by atoms with van der Waals surface area (Å²) in [6.07, 6.45) is 6.61. The van der Waals surface area contributed by atoms with Crippen molar-refractivity contribution in [3.05, 3.63) is 36.0 Å². The van der Waals surface area contributed by atoms with Gasteiger partial charge in [0.25, 0.3) is 0 Å². The molecule has 0 radical (unpaired) electrons. The second-order valence-corrected chi connectivity index (χ2v) is 7.92. The molecule has 0 aromatic rings. The molecule has 0 N–H and O–H groups in total. The normalized spacial score (nSPS) is 34.3. The predicted octanol–water partition coefficient (Wildman–Crippen LogP) is 3.21. The molecule has 5 nitrogen and oxygen atoms in total. The summed E-state index contributed by atoms with van der Waals surface area (Å²) >= 11 is 0. The van der Waals surface area contributed by atoms with Crippen molar-refractivity contribution in [3.63, 3.8) is 0 Å². The van der Waals surface area contributed by atoms with Crippen LogP contribution < -0.4 is 0 Å². The Morgan fingerprint density at radius 2 is 1.80 bits per heavy atom. The van der Waals surface area contributed by atoms with Gasteiger partial charge < -0.3 is 23.5 Å². The van der Waals surface area contributed by atoms with Crippen molar-refractivity contribution in [1.29, 1.82) is 0 Å². The Hall–Kier alpha value is -1.08. The number of ether oxygens (including phenoxy) is 3. The smallest absolute Gasteiger partial charge is 0.485 e. The molecule has 0 aromatic heterocycles. The summed E-state index contributed by atoms with van der Waals surface area (Å²) in [5.74, 6) is 0.695. The van der Waals surface area contributed by atoms with Crippen LogP contribution in [0.1, 0.15) is 41.0 Å². The van der Waals surface area contributed by atoms with Crippen molar-refractivity contribution in [1.82, 2.24) is 0 Å². The molecule has 3 saturated heterocycles. The third kappa shape index (κ3) is 3.72.